The Balaban J connectivity index is 2.18. The van der Waals surface area contributed by atoms with Crippen LogP contribution in [0.2, 0.25) is 0 Å². The molecule has 0 aliphatic rings. The molecule has 0 atom stereocenters. The number of hydrogen-bond donors (Lipinski definition) is 1. The molecule has 1 aromatic heterocycles. The number of benzene rings is 1. The minimum Gasteiger partial charge on any atom is -0.398 e. The van der Waals surface area contributed by atoms with Gasteiger partial charge in [0.2, 0.25) is 0 Å². The topological polar surface area (TPSA) is 59.2 Å². The number of nitrogens with zero attached hydrogens (tertiary/aromatic N) is 2. The number of pyridine rings is 1. The summed E-state index contributed by atoms with van der Waals surface area (Å²) in [4.78, 5) is 18.3. The molecule has 0 unspecified atom stereocenters. The van der Waals surface area contributed by atoms with Crippen LogP contribution in [-0.4, -0.2) is 22.3 Å². The highest BCUT2D eigenvalue weighted by Crippen LogP contribution is 2.16. The van der Waals surface area contributed by atoms with Crippen LogP contribution in [0.5, 0.6) is 0 Å². The molecule has 20 heavy (non-hydrogen) atoms. The number of anilines is 1. The molecule has 4 heteroatoms. The van der Waals surface area contributed by atoms with E-state index >= 15 is 0 Å². The van der Waals surface area contributed by atoms with E-state index in [4.69, 9.17) is 5.73 Å². The molecular formula is C16H19N3O. The molecule has 1 amide bonds. The van der Waals surface area contributed by atoms with Crippen molar-refractivity contribution in [1.29, 1.82) is 0 Å². The van der Waals surface area contributed by atoms with Gasteiger partial charge in [0.15, 0.2) is 0 Å². The Hall–Kier alpha value is -2.36. The lowest BCUT2D eigenvalue weighted by molar-refractivity contribution is 0.0752. The highest BCUT2D eigenvalue weighted by atomic mass is 16.2. The average Bonchev–Trinajstić information content (AvgIpc) is 2.48. The first-order valence-corrected chi connectivity index (χ1v) is 6.66. The first-order chi connectivity index (χ1) is 9.61. The van der Waals surface area contributed by atoms with Crippen LogP contribution in [0.15, 0.2) is 42.7 Å². The second-order valence-electron chi connectivity index (χ2n) is 4.75. The summed E-state index contributed by atoms with van der Waals surface area (Å²) in [6.07, 6.45) is 3.47. The summed E-state index contributed by atoms with van der Waals surface area (Å²) in [5.41, 5.74) is 9.20. The largest absolute Gasteiger partial charge is 0.398 e. The monoisotopic (exact) mass is 269 g/mol. The van der Waals surface area contributed by atoms with Crippen molar-refractivity contribution in [2.45, 2.75) is 20.4 Å². The number of amides is 1. The smallest absolute Gasteiger partial charge is 0.254 e. The first-order valence-electron chi connectivity index (χ1n) is 6.66. The zero-order valence-electron chi connectivity index (χ0n) is 11.8. The number of hydrogen-bond acceptors (Lipinski definition) is 3. The molecule has 0 fully saturated rings. The Bertz CT molecular complexity index is 596. The Labute approximate surface area is 119 Å². The second kappa shape index (κ2) is 6.19. The van der Waals surface area contributed by atoms with Gasteiger partial charge in [0.05, 0.1) is 0 Å². The van der Waals surface area contributed by atoms with E-state index in [0.29, 0.717) is 24.3 Å². The van der Waals surface area contributed by atoms with Gasteiger partial charge in [0, 0.05) is 36.7 Å². The van der Waals surface area contributed by atoms with E-state index in [1.165, 1.54) is 0 Å². The van der Waals surface area contributed by atoms with E-state index in [1.807, 2.05) is 38.1 Å². The molecule has 0 saturated heterocycles. The van der Waals surface area contributed by atoms with Crippen LogP contribution in [0, 0.1) is 6.92 Å². The second-order valence-corrected chi connectivity index (χ2v) is 4.75. The highest BCUT2D eigenvalue weighted by molar-refractivity contribution is 5.95. The van der Waals surface area contributed by atoms with Gasteiger partial charge in [-0.2, -0.15) is 0 Å². The fraction of sp³-hybridized carbons (Fsp3) is 0.250. The molecule has 0 saturated carbocycles. The third-order valence-corrected chi connectivity index (χ3v) is 3.32. The maximum absolute atomic E-state index is 12.5. The van der Waals surface area contributed by atoms with Crippen molar-refractivity contribution in [3.63, 3.8) is 0 Å². The number of carbonyl (C=O) groups excluding carboxylic acids is 1. The maximum atomic E-state index is 12.5. The van der Waals surface area contributed by atoms with Gasteiger partial charge in [-0.25, -0.2) is 0 Å². The van der Waals surface area contributed by atoms with Crippen LogP contribution >= 0.6 is 0 Å². The lowest BCUT2D eigenvalue weighted by Crippen LogP contribution is -2.30. The van der Waals surface area contributed by atoms with E-state index in [9.17, 15) is 4.79 Å². The highest BCUT2D eigenvalue weighted by Gasteiger charge is 2.15. The normalized spacial score (nSPS) is 10.3. The van der Waals surface area contributed by atoms with Gasteiger partial charge in [-0.15, -0.1) is 0 Å². The van der Waals surface area contributed by atoms with Crippen LogP contribution in [0.3, 0.4) is 0 Å². The van der Waals surface area contributed by atoms with Crippen molar-refractivity contribution in [2.75, 3.05) is 12.3 Å². The molecule has 0 aliphatic heterocycles. The van der Waals surface area contributed by atoms with Gasteiger partial charge in [0.1, 0.15) is 0 Å². The third-order valence-electron chi connectivity index (χ3n) is 3.32. The quantitative estimate of drug-likeness (QED) is 0.868. The predicted molar refractivity (Wildman–Crippen MR) is 80.2 cm³/mol. The summed E-state index contributed by atoms with van der Waals surface area (Å²) in [5, 5.41) is 0. The molecule has 1 aromatic carbocycles. The number of rotatable bonds is 4. The van der Waals surface area contributed by atoms with Crippen molar-refractivity contribution < 1.29 is 4.79 Å². The van der Waals surface area contributed by atoms with Crippen LogP contribution < -0.4 is 5.73 Å². The zero-order valence-corrected chi connectivity index (χ0v) is 11.8. The Morgan fingerprint density at radius 3 is 2.55 bits per heavy atom. The van der Waals surface area contributed by atoms with Crippen molar-refractivity contribution in [3.05, 3.63) is 59.4 Å². The zero-order chi connectivity index (χ0) is 14.5. The molecule has 2 aromatic rings. The Morgan fingerprint density at radius 2 is 1.95 bits per heavy atom. The van der Waals surface area contributed by atoms with Gasteiger partial charge >= 0.3 is 0 Å². The fourth-order valence-electron chi connectivity index (χ4n) is 1.99. The number of carbonyl (C=O) groups is 1. The Morgan fingerprint density at radius 1 is 1.25 bits per heavy atom. The summed E-state index contributed by atoms with van der Waals surface area (Å²) in [7, 11) is 0. The minimum atomic E-state index is -0.00369. The summed E-state index contributed by atoms with van der Waals surface area (Å²) in [6, 6.07) is 9.28. The number of aromatic nitrogens is 1. The van der Waals surface area contributed by atoms with E-state index in [-0.39, 0.29) is 5.91 Å². The maximum Gasteiger partial charge on any atom is 0.254 e. The number of nitrogen functional groups attached to an aromatic ring is 1. The van der Waals surface area contributed by atoms with Crippen LogP contribution in [-0.2, 0) is 6.54 Å². The SMILES string of the molecule is CCN(Cc1ccncc1)C(=O)c1ccc(C)c(N)c1. The lowest BCUT2D eigenvalue weighted by atomic mass is 10.1. The van der Waals surface area contributed by atoms with E-state index in [1.54, 1.807) is 23.4 Å². The van der Waals surface area contributed by atoms with Gasteiger partial charge in [0.25, 0.3) is 5.91 Å². The third kappa shape index (κ3) is 3.15. The molecule has 4 nitrogen and oxygen atoms in total. The lowest BCUT2D eigenvalue weighted by Gasteiger charge is -2.21. The van der Waals surface area contributed by atoms with Crippen LogP contribution in [0.4, 0.5) is 5.69 Å². The molecule has 0 radical (unpaired) electrons. The molecule has 2 N–H and O–H groups in total. The summed E-state index contributed by atoms with van der Waals surface area (Å²) >= 11 is 0. The molecule has 0 aliphatic carbocycles. The summed E-state index contributed by atoms with van der Waals surface area (Å²) in [6.45, 7) is 5.12. The summed E-state index contributed by atoms with van der Waals surface area (Å²) in [5.74, 6) is -0.00369. The number of nitrogens with two attached hydrogens (primary N) is 1. The van der Waals surface area contributed by atoms with Crippen LogP contribution in [0.25, 0.3) is 0 Å². The van der Waals surface area contributed by atoms with E-state index in [0.717, 1.165) is 11.1 Å². The van der Waals surface area contributed by atoms with Crippen molar-refractivity contribution in [3.8, 4) is 0 Å². The molecule has 0 spiro atoms. The van der Waals surface area contributed by atoms with Gasteiger partial charge in [-0.05, 0) is 49.2 Å². The van der Waals surface area contributed by atoms with E-state index < -0.39 is 0 Å². The van der Waals surface area contributed by atoms with Gasteiger partial charge < -0.3 is 10.6 Å². The average molecular weight is 269 g/mol. The molecule has 1 heterocycles. The van der Waals surface area contributed by atoms with Crippen molar-refractivity contribution in [2.24, 2.45) is 0 Å². The van der Waals surface area contributed by atoms with Crippen molar-refractivity contribution >= 4 is 11.6 Å². The van der Waals surface area contributed by atoms with Crippen molar-refractivity contribution in [1.82, 2.24) is 9.88 Å². The molecule has 2 rings (SSSR count). The summed E-state index contributed by atoms with van der Waals surface area (Å²) < 4.78 is 0. The standard InChI is InChI=1S/C16H19N3O/c1-3-19(11-13-6-8-18-9-7-13)16(20)14-5-4-12(2)15(17)10-14/h4-10H,3,11,17H2,1-2H3. The van der Waals surface area contributed by atoms with Gasteiger partial charge in [-0.3, -0.25) is 9.78 Å². The predicted octanol–water partition coefficient (Wildman–Crippen LogP) is 2.63. The fourth-order valence-corrected chi connectivity index (χ4v) is 1.99. The van der Waals surface area contributed by atoms with Gasteiger partial charge in [-0.1, -0.05) is 6.07 Å². The van der Waals surface area contributed by atoms with E-state index in [2.05, 4.69) is 4.98 Å². The first kappa shape index (κ1) is 14.1. The molecular weight excluding hydrogens is 250 g/mol. The van der Waals surface area contributed by atoms with Crippen LogP contribution in [0.1, 0.15) is 28.4 Å². The molecule has 104 valence electrons. The molecule has 0 bridgehead atoms. The number of aryl methyl sites for hydroxylation is 1. The minimum absolute atomic E-state index is 0.00369. The Kier molecular flexibility index (Phi) is 4.35.